The molecule has 0 aromatic carbocycles. The molecule has 3 heteroatoms. The van der Waals surface area contributed by atoms with Gasteiger partial charge in [-0.25, -0.2) is 0 Å². The lowest BCUT2D eigenvalue weighted by molar-refractivity contribution is 0.0221. The molecule has 3 nitrogen and oxygen atoms in total. The van der Waals surface area contributed by atoms with Crippen LogP contribution in [0.4, 0.5) is 0 Å². The van der Waals surface area contributed by atoms with Gasteiger partial charge in [-0.3, -0.25) is 0 Å². The van der Waals surface area contributed by atoms with E-state index in [4.69, 9.17) is 9.94 Å². The average Bonchev–Trinajstić information content (AvgIpc) is 1.63. The third-order valence-electron chi connectivity index (χ3n) is 0.673. The van der Waals surface area contributed by atoms with E-state index in [0.717, 1.165) is 0 Å². The van der Waals surface area contributed by atoms with Gasteiger partial charge in [0.15, 0.2) is 0 Å². The molecule has 0 aromatic heterocycles. The summed E-state index contributed by atoms with van der Waals surface area (Å²) in [4.78, 5) is 0. The van der Waals surface area contributed by atoms with Crippen LogP contribution in [0.1, 0.15) is 20.8 Å². The lowest BCUT2D eigenvalue weighted by atomic mass is 10.2. The standard InChI is InChI=1S/C6H13NO2/c1-6(2,3)9-5-4-7-8/h4,8H,5H2,1-3H3/b7-4+. The molecule has 0 saturated carbocycles. The molecule has 0 atom stereocenters. The van der Waals surface area contributed by atoms with Crippen LogP contribution in [-0.2, 0) is 4.74 Å². The lowest BCUT2D eigenvalue weighted by Gasteiger charge is -2.17. The zero-order chi connectivity index (χ0) is 7.33. The molecule has 0 fully saturated rings. The minimum absolute atomic E-state index is 0.152. The highest BCUT2D eigenvalue weighted by Gasteiger charge is 2.07. The fourth-order valence-electron chi connectivity index (χ4n) is 0.321. The van der Waals surface area contributed by atoms with Crippen molar-refractivity contribution in [3.8, 4) is 0 Å². The van der Waals surface area contributed by atoms with Gasteiger partial charge in [-0.1, -0.05) is 5.16 Å². The molecule has 1 N–H and O–H groups in total. The molecule has 0 spiro atoms. The van der Waals surface area contributed by atoms with Crippen molar-refractivity contribution in [1.82, 2.24) is 0 Å². The topological polar surface area (TPSA) is 41.8 Å². The van der Waals surface area contributed by atoms with Gasteiger partial charge in [0.05, 0.1) is 18.4 Å². The molecule has 0 saturated heterocycles. The summed E-state index contributed by atoms with van der Waals surface area (Å²) in [7, 11) is 0. The summed E-state index contributed by atoms with van der Waals surface area (Å²) in [6.45, 7) is 6.19. The quantitative estimate of drug-likeness (QED) is 0.348. The van der Waals surface area contributed by atoms with Crippen molar-refractivity contribution in [2.75, 3.05) is 6.61 Å². The highest BCUT2D eigenvalue weighted by molar-refractivity contribution is 5.57. The lowest BCUT2D eigenvalue weighted by Crippen LogP contribution is -2.20. The molecule has 0 radical (unpaired) electrons. The van der Waals surface area contributed by atoms with E-state index in [1.807, 2.05) is 20.8 Å². The molecule has 0 bridgehead atoms. The minimum atomic E-state index is -0.152. The third-order valence-corrected chi connectivity index (χ3v) is 0.673. The van der Waals surface area contributed by atoms with Crippen LogP contribution in [0, 0.1) is 0 Å². The number of oxime groups is 1. The first-order valence-corrected chi connectivity index (χ1v) is 2.86. The van der Waals surface area contributed by atoms with Crippen molar-refractivity contribution in [1.29, 1.82) is 0 Å². The maximum Gasteiger partial charge on any atom is 0.0859 e. The second kappa shape index (κ2) is 3.45. The Kier molecular flexibility index (Phi) is 3.24. The fourth-order valence-corrected chi connectivity index (χ4v) is 0.321. The van der Waals surface area contributed by atoms with Gasteiger partial charge in [0.1, 0.15) is 0 Å². The largest absolute Gasteiger partial charge is 0.411 e. The van der Waals surface area contributed by atoms with Crippen molar-refractivity contribution in [3.05, 3.63) is 0 Å². The highest BCUT2D eigenvalue weighted by Crippen LogP contribution is 2.04. The summed E-state index contributed by atoms with van der Waals surface area (Å²) in [5.41, 5.74) is -0.152. The van der Waals surface area contributed by atoms with Crippen molar-refractivity contribution in [2.45, 2.75) is 26.4 Å². The molecule has 0 aliphatic heterocycles. The smallest absolute Gasteiger partial charge is 0.0859 e. The first-order valence-electron chi connectivity index (χ1n) is 2.86. The van der Waals surface area contributed by atoms with E-state index in [-0.39, 0.29) is 5.60 Å². The van der Waals surface area contributed by atoms with Gasteiger partial charge >= 0.3 is 0 Å². The number of hydrogen-bond acceptors (Lipinski definition) is 3. The molecule has 54 valence electrons. The minimum Gasteiger partial charge on any atom is -0.411 e. The second-order valence-corrected chi connectivity index (χ2v) is 2.72. The Bertz CT molecular complexity index is 93.7. The SMILES string of the molecule is CC(C)(C)OC/C=N/O. The summed E-state index contributed by atoms with van der Waals surface area (Å²) < 4.78 is 5.16. The van der Waals surface area contributed by atoms with Crippen molar-refractivity contribution < 1.29 is 9.94 Å². The van der Waals surface area contributed by atoms with Gasteiger partial charge in [0, 0.05) is 0 Å². The number of rotatable bonds is 2. The third kappa shape index (κ3) is 7.43. The number of hydrogen-bond donors (Lipinski definition) is 1. The maximum atomic E-state index is 7.95. The fraction of sp³-hybridized carbons (Fsp3) is 0.833. The number of nitrogens with zero attached hydrogens (tertiary/aromatic N) is 1. The van der Waals surface area contributed by atoms with Crippen LogP contribution in [0.3, 0.4) is 0 Å². The van der Waals surface area contributed by atoms with E-state index in [1.165, 1.54) is 6.21 Å². The van der Waals surface area contributed by atoms with E-state index >= 15 is 0 Å². The molecule has 0 unspecified atom stereocenters. The van der Waals surface area contributed by atoms with Gasteiger partial charge < -0.3 is 9.94 Å². The van der Waals surface area contributed by atoms with Crippen LogP contribution in [0.2, 0.25) is 0 Å². The predicted octanol–water partition coefficient (Wildman–Crippen LogP) is 1.26. The van der Waals surface area contributed by atoms with Crippen LogP contribution in [0.5, 0.6) is 0 Å². The Hall–Kier alpha value is -0.570. The molecule has 9 heavy (non-hydrogen) atoms. The Morgan fingerprint density at radius 1 is 1.56 bits per heavy atom. The molecule has 0 aromatic rings. The van der Waals surface area contributed by atoms with E-state index in [9.17, 15) is 0 Å². The molecular weight excluding hydrogens is 118 g/mol. The van der Waals surface area contributed by atoms with Gasteiger partial charge in [0.2, 0.25) is 0 Å². The summed E-state index contributed by atoms with van der Waals surface area (Å²) in [5, 5.41) is 10.7. The molecule has 0 aliphatic rings. The van der Waals surface area contributed by atoms with Crippen LogP contribution in [0.15, 0.2) is 5.16 Å². The van der Waals surface area contributed by atoms with Crippen LogP contribution < -0.4 is 0 Å². The van der Waals surface area contributed by atoms with Crippen LogP contribution >= 0.6 is 0 Å². The number of ether oxygens (including phenoxy) is 1. The van der Waals surface area contributed by atoms with Crippen LogP contribution in [-0.4, -0.2) is 23.6 Å². The first kappa shape index (κ1) is 8.43. The first-order chi connectivity index (χ1) is 4.06. The van der Waals surface area contributed by atoms with Gasteiger partial charge in [-0.05, 0) is 20.8 Å². The Balaban J connectivity index is 3.28. The van der Waals surface area contributed by atoms with Crippen molar-refractivity contribution >= 4 is 6.21 Å². The van der Waals surface area contributed by atoms with Gasteiger partial charge in [0.25, 0.3) is 0 Å². The Morgan fingerprint density at radius 3 is 2.44 bits per heavy atom. The summed E-state index contributed by atoms with van der Waals surface area (Å²) in [5.74, 6) is 0. The zero-order valence-corrected chi connectivity index (χ0v) is 6.09. The predicted molar refractivity (Wildman–Crippen MR) is 36.0 cm³/mol. The molecule has 0 heterocycles. The van der Waals surface area contributed by atoms with Gasteiger partial charge in [-0.2, -0.15) is 0 Å². The normalized spacial score (nSPS) is 12.8. The van der Waals surface area contributed by atoms with E-state index in [2.05, 4.69) is 5.16 Å². The van der Waals surface area contributed by atoms with Crippen molar-refractivity contribution in [2.24, 2.45) is 5.16 Å². The molecule has 0 amide bonds. The monoisotopic (exact) mass is 131 g/mol. The zero-order valence-electron chi connectivity index (χ0n) is 6.09. The Labute approximate surface area is 55.3 Å². The average molecular weight is 131 g/mol. The van der Waals surface area contributed by atoms with E-state index < -0.39 is 0 Å². The van der Waals surface area contributed by atoms with Crippen LogP contribution in [0.25, 0.3) is 0 Å². The highest BCUT2D eigenvalue weighted by atomic mass is 16.5. The maximum absolute atomic E-state index is 7.95. The van der Waals surface area contributed by atoms with E-state index in [0.29, 0.717) is 6.61 Å². The van der Waals surface area contributed by atoms with Gasteiger partial charge in [-0.15, -0.1) is 0 Å². The summed E-state index contributed by atoms with van der Waals surface area (Å²) >= 11 is 0. The summed E-state index contributed by atoms with van der Waals surface area (Å²) in [6, 6.07) is 0. The molecule has 0 aliphatic carbocycles. The second-order valence-electron chi connectivity index (χ2n) is 2.72. The van der Waals surface area contributed by atoms with E-state index in [1.54, 1.807) is 0 Å². The molecule has 0 rings (SSSR count). The Morgan fingerprint density at radius 2 is 2.11 bits per heavy atom. The molecular formula is C6H13NO2. The summed E-state index contributed by atoms with van der Waals surface area (Å²) in [6.07, 6.45) is 1.31. The van der Waals surface area contributed by atoms with Crippen molar-refractivity contribution in [3.63, 3.8) is 0 Å².